The first-order chi connectivity index (χ1) is 9.23. The van der Waals surface area contributed by atoms with Gasteiger partial charge in [-0.05, 0) is 6.42 Å². The summed E-state index contributed by atoms with van der Waals surface area (Å²) in [6.07, 6.45) is -0.352. The zero-order valence-electron chi connectivity index (χ0n) is 10.2. The predicted octanol–water partition coefficient (Wildman–Crippen LogP) is 1.47. The fourth-order valence-electron chi connectivity index (χ4n) is 2.21. The first-order valence-corrected chi connectivity index (χ1v) is 8.50. The Bertz CT molecular complexity index is 598. The van der Waals surface area contributed by atoms with E-state index in [1.165, 1.54) is 0 Å². The van der Waals surface area contributed by atoms with Gasteiger partial charge in [-0.15, -0.1) is 0 Å². The van der Waals surface area contributed by atoms with Crippen LogP contribution in [0.5, 0.6) is 0 Å². The fraction of sp³-hybridized carbons (Fsp3) is 0.417. The summed E-state index contributed by atoms with van der Waals surface area (Å²) in [6.45, 7) is 0. The van der Waals surface area contributed by atoms with E-state index in [4.69, 9.17) is 0 Å². The minimum Gasteiger partial charge on any atom is -0.300 e. The lowest BCUT2D eigenvalue weighted by atomic mass is 10.3. The summed E-state index contributed by atoms with van der Waals surface area (Å²) in [7, 11) is -5.55. The van der Waals surface area contributed by atoms with Crippen LogP contribution in [-0.2, 0) is 14.6 Å². The van der Waals surface area contributed by atoms with Gasteiger partial charge in [0.25, 0.3) is 9.84 Å². The van der Waals surface area contributed by atoms with Gasteiger partial charge in [0, 0.05) is 12.0 Å². The SMILES string of the molecule is O=C1CC[C@@H](S(=O)(=O)C(F)(F)F)[C@@H]1[Si]c1ccccc1. The van der Waals surface area contributed by atoms with Gasteiger partial charge in [-0.3, -0.25) is 4.79 Å². The topological polar surface area (TPSA) is 51.2 Å². The van der Waals surface area contributed by atoms with Crippen molar-refractivity contribution in [2.75, 3.05) is 0 Å². The highest BCUT2D eigenvalue weighted by molar-refractivity contribution is 7.93. The van der Waals surface area contributed by atoms with E-state index in [9.17, 15) is 26.4 Å². The van der Waals surface area contributed by atoms with E-state index in [2.05, 4.69) is 0 Å². The number of hydrogen-bond donors (Lipinski definition) is 0. The molecule has 1 saturated carbocycles. The number of rotatable bonds is 3. The van der Waals surface area contributed by atoms with Crippen molar-refractivity contribution in [3.63, 3.8) is 0 Å². The molecule has 0 amide bonds. The Hall–Kier alpha value is -1.15. The van der Waals surface area contributed by atoms with Crippen molar-refractivity contribution in [3.05, 3.63) is 30.3 Å². The Kier molecular flexibility index (Phi) is 4.06. The molecular weight excluding hydrogens is 309 g/mol. The van der Waals surface area contributed by atoms with Gasteiger partial charge in [0.2, 0.25) is 0 Å². The maximum atomic E-state index is 12.6. The van der Waals surface area contributed by atoms with E-state index in [0.29, 0.717) is 5.19 Å². The van der Waals surface area contributed by atoms with Gasteiger partial charge in [0.1, 0.15) is 5.78 Å². The molecule has 2 atom stereocenters. The quantitative estimate of drug-likeness (QED) is 0.793. The first kappa shape index (κ1) is 15.2. The lowest BCUT2D eigenvalue weighted by molar-refractivity contribution is -0.117. The number of Topliss-reactive ketones (excluding diaryl/α,β-unsaturated/α-hetero) is 1. The van der Waals surface area contributed by atoms with Crippen molar-refractivity contribution < 1.29 is 26.4 Å². The molecule has 2 rings (SSSR count). The molecule has 1 aromatic rings. The Morgan fingerprint density at radius 1 is 1.15 bits per heavy atom. The van der Waals surface area contributed by atoms with Crippen LogP contribution in [0.2, 0.25) is 5.54 Å². The van der Waals surface area contributed by atoms with E-state index in [-0.39, 0.29) is 22.4 Å². The number of halogens is 3. The van der Waals surface area contributed by atoms with Crippen molar-refractivity contribution in [1.82, 2.24) is 0 Å². The normalized spacial score (nSPS) is 24.1. The molecule has 8 heteroatoms. The standard InChI is InChI=1S/C12H11F3O3SSi/c13-12(14,15)19(17,18)10-7-6-9(16)11(10)20-8-4-2-1-3-5-8/h1-5,10-11H,6-7H2/t10-,11-/m1/s1. The van der Waals surface area contributed by atoms with Crippen LogP contribution in [0.4, 0.5) is 13.2 Å². The number of hydrogen-bond acceptors (Lipinski definition) is 3. The smallest absolute Gasteiger partial charge is 0.300 e. The third-order valence-corrected chi connectivity index (χ3v) is 7.10. The van der Waals surface area contributed by atoms with Crippen LogP contribution in [0.15, 0.2) is 30.3 Å². The average molecular weight is 320 g/mol. The summed E-state index contributed by atoms with van der Waals surface area (Å²) in [5.74, 6) is -0.398. The Labute approximate surface area is 116 Å². The number of carbonyl (C=O) groups excluding carboxylic acids is 1. The highest BCUT2D eigenvalue weighted by atomic mass is 32.2. The molecule has 1 aromatic carbocycles. The molecule has 0 saturated heterocycles. The molecule has 0 unspecified atom stereocenters. The molecule has 3 nitrogen and oxygen atoms in total. The van der Waals surface area contributed by atoms with Gasteiger partial charge in [0.15, 0.2) is 0 Å². The number of sulfone groups is 1. The van der Waals surface area contributed by atoms with Crippen LogP contribution in [-0.4, -0.2) is 34.5 Å². The average Bonchev–Trinajstić information content (AvgIpc) is 2.71. The lowest BCUT2D eigenvalue weighted by Gasteiger charge is -2.19. The molecule has 0 aromatic heterocycles. The second kappa shape index (κ2) is 5.32. The Morgan fingerprint density at radius 2 is 1.75 bits per heavy atom. The monoisotopic (exact) mass is 320 g/mol. The van der Waals surface area contributed by atoms with Gasteiger partial charge >= 0.3 is 5.51 Å². The number of benzene rings is 1. The molecule has 20 heavy (non-hydrogen) atoms. The van der Waals surface area contributed by atoms with Crippen molar-refractivity contribution in [1.29, 1.82) is 0 Å². The van der Waals surface area contributed by atoms with E-state index in [1.54, 1.807) is 30.3 Å². The van der Waals surface area contributed by atoms with Gasteiger partial charge < -0.3 is 0 Å². The maximum absolute atomic E-state index is 12.6. The molecule has 0 aliphatic heterocycles. The molecule has 1 aliphatic carbocycles. The molecule has 0 N–H and O–H groups in total. The predicted molar refractivity (Wildman–Crippen MR) is 68.6 cm³/mol. The Morgan fingerprint density at radius 3 is 2.30 bits per heavy atom. The highest BCUT2D eigenvalue weighted by Gasteiger charge is 2.55. The minimum atomic E-state index is -5.30. The van der Waals surface area contributed by atoms with Crippen LogP contribution in [0.1, 0.15) is 12.8 Å². The third-order valence-electron chi connectivity index (χ3n) is 3.21. The van der Waals surface area contributed by atoms with Gasteiger partial charge in [0.05, 0.1) is 14.8 Å². The van der Waals surface area contributed by atoms with Gasteiger partial charge in [-0.1, -0.05) is 35.5 Å². The molecule has 2 radical (unpaired) electrons. The van der Waals surface area contributed by atoms with E-state index in [1.807, 2.05) is 0 Å². The fourth-order valence-corrected chi connectivity index (χ4v) is 5.63. The molecule has 0 heterocycles. The molecule has 1 aliphatic rings. The maximum Gasteiger partial charge on any atom is 0.497 e. The largest absolute Gasteiger partial charge is 0.497 e. The van der Waals surface area contributed by atoms with Gasteiger partial charge in [-0.25, -0.2) is 8.42 Å². The van der Waals surface area contributed by atoms with E-state index >= 15 is 0 Å². The van der Waals surface area contributed by atoms with Crippen molar-refractivity contribution in [2.24, 2.45) is 0 Å². The van der Waals surface area contributed by atoms with Crippen LogP contribution in [0, 0.1) is 0 Å². The summed E-state index contributed by atoms with van der Waals surface area (Å²) >= 11 is 0. The van der Waals surface area contributed by atoms with Gasteiger partial charge in [-0.2, -0.15) is 13.2 Å². The number of carbonyl (C=O) groups is 1. The van der Waals surface area contributed by atoms with Crippen molar-refractivity contribution in [2.45, 2.75) is 29.1 Å². The summed E-state index contributed by atoms with van der Waals surface area (Å²) in [5.41, 5.74) is -6.38. The second-order valence-corrected chi connectivity index (χ2v) is 8.17. The number of alkyl halides is 3. The molecule has 108 valence electrons. The van der Waals surface area contributed by atoms with Crippen LogP contribution >= 0.6 is 0 Å². The van der Waals surface area contributed by atoms with Crippen LogP contribution in [0.25, 0.3) is 0 Å². The van der Waals surface area contributed by atoms with Crippen molar-refractivity contribution in [3.8, 4) is 0 Å². The summed E-state index contributed by atoms with van der Waals surface area (Å²) in [5, 5.41) is -0.955. The Balaban J connectivity index is 2.28. The van der Waals surface area contributed by atoms with Crippen molar-refractivity contribution >= 4 is 30.3 Å². The lowest BCUT2D eigenvalue weighted by Crippen LogP contribution is -2.39. The zero-order chi connectivity index (χ0) is 15.0. The zero-order valence-corrected chi connectivity index (χ0v) is 12.0. The first-order valence-electron chi connectivity index (χ1n) is 5.88. The van der Waals surface area contributed by atoms with Crippen LogP contribution in [0.3, 0.4) is 0 Å². The molecule has 0 bridgehead atoms. The highest BCUT2D eigenvalue weighted by Crippen LogP contribution is 2.39. The molecule has 0 spiro atoms. The number of ketones is 1. The second-order valence-electron chi connectivity index (χ2n) is 4.52. The minimum absolute atomic E-state index is 0.107. The summed E-state index contributed by atoms with van der Waals surface area (Å²) in [4.78, 5) is 11.7. The van der Waals surface area contributed by atoms with Crippen LogP contribution < -0.4 is 5.19 Å². The van der Waals surface area contributed by atoms with E-state index in [0.717, 1.165) is 0 Å². The summed E-state index contributed by atoms with van der Waals surface area (Å²) < 4.78 is 60.9. The third kappa shape index (κ3) is 2.80. The molecular formula is C12H11F3O3SSi. The molecule has 1 fully saturated rings. The van der Waals surface area contributed by atoms with E-state index < -0.39 is 31.9 Å². The summed E-state index contributed by atoms with van der Waals surface area (Å²) in [6, 6.07) is 8.51.